The second-order valence-electron chi connectivity index (χ2n) is 8.52. The molecule has 0 saturated carbocycles. The van der Waals surface area contributed by atoms with E-state index in [0.29, 0.717) is 21.8 Å². The number of halogens is 2. The van der Waals surface area contributed by atoms with Crippen molar-refractivity contribution >= 4 is 27.6 Å². The number of benzene rings is 2. The summed E-state index contributed by atoms with van der Waals surface area (Å²) in [6, 6.07) is 12.3. The molecule has 0 aliphatic carbocycles. The molecule has 0 saturated heterocycles. The predicted molar refractivity (Wildman–Crippen MR) is 137 cm³/mol. The van der Waals surface area contributed by atoms with E-state index in [-0.39, 0.29) is 47.9 Å². The first-order valence-corrected chi connectivity index (χ1v) is 13.1. The van der Waals surface area contributed by atoms with Crippen LogP contribution in [0.1, 0.15) is 16.8 Å². The van der Waals surface area contributed by atoms with E-state index in [0.717, 1.165) is 5.56 Å². The summed E-state index contributed by atoms with van der Waals surface area (Å²) >= 11 is 6.14. The highest BCUT2D eigenvalue weighted by Gasteiger charge is 2.30. The molecule has 0 fully saturated rings. The van der Waals surface area contributed by atoms with Gasteiger partial charge in [-0.05, 0) is 41.8 Å². The van der Waals surface area contributed by atoms with E-state index in [9.17, 15) is 13.2 Å². The van der Waals surface area contributed by atoms with E-state index in [4.69, 9.17) is 16.3 Å². The van der Waals surface area contributed by atoms with Crippen LogP contribution in [0.4, 0.5) is 10.2 Å². The molecule has 9 nitrogen and oxygen atoms in total. The van der Waals surface area contributed by atoms with Crippen molar-refractivity contribution in [2.45, 2.75) is 19.9 Å². The van der Waals surface area contributed by atoms with Crippen molar-refractivity contribution < 1.29 is 22.1 Å². The number of pyridine rings is 1. The van der Waals surface area contributed by atoms with Crippen LogP contribution in [0.2, 0.25) is 5.02 Å². The first kappa shape index (κ1) is 25.0. The largest absolute Gasteiger partial charge is 0.495 e. The van der Waals surface area contributed by atoms with Gasteiger partial charge in [0.05, 0.1) is 12.8 Å². The van der Waals surface area contributed by atoms with Crippen LogP contribution < -0.4 is 15.0 Å². The lowest BCUT2D eigenvalue weighted by atomic mass is 9.99. The highest BCUT2D eigenvalue weighted by Crippen LogP contribution is 2.36. The minimum atomic E-state index is -3.92. The molecule has 1 aliphatic rings. The third kappa shape index (κ3) is 4.73. The SMILES string of the molecule is COc1cc(-c2cc(Cl)ccc2C)c(F)cc1-n1c2c(ccc1=O)CN(S(=O)(=O)Nc1ccon1)CC2. The molecule has 2 aromatic carbocycles. The topological polar surface area (TPSA) is 107 Å². The normalized spacial score (nSPS) is 13.8. The van der Waals surface area contributed by atoms with Gasteiger partial charge in [-0.1, -0.05) is 28.9 Å². The van der Waals surface area contributed by atoms with E-state index < -0.39 is 16.0 Å². The molecule has 192 valence electrons. The minimum absolute atomic E-state index is 0.00733. The van der Waals surface area contributed by atoms with Crippen molar-refractivity contribution in [3.8, 4) is 22.6 Å². The number of hydrogen-bond donors (Lipinski definition) is 1. The first-order valence-electron chi connectivity index (χ1n) is 11.2. The van der Waals surface area contributed by atoms with E-state index in [1.54, 1.807) is 24.3 Å². The Morgan fingerprint density at radius 1 is 1.14 bits per heavy atom. The summed E-state index contributed by atoms with van der Waals surface area (Å²) in [6.07, 6.45) is 1.47. The summed E-state index contributed by atoms with van der Waals surface area (Å²) in [5.41, 5.74) is 2.74. The Labute approximate surface area is 217 Å². The van der Waals surface area contributed by atoms with Crippen molar-refractivity contribution in [1.29, 1.82) is 0 Å². The van der Waals surface area contributed by atoms with Crippen molar-refractivity contribution in [3.05, 3.63) is 92.8 Å². The Morgan fingerprint density at radius 2 is 1.95 bits per heavy atom. The number of nitrogens with one attached hydrogen (secondary N) is 1. The first-order chi connectivity index (χ1) is 17.7. The van der Waals surface area contributed by atoms with Gasteiger partial charge in [0, 0.05) is 54.0 Å². The fraction of sp³-hybridized carbons (Fsp3) is 0.200. The molecular weight excluding hydrogens is 523 g/mol. The molecule has 1 N–H and O–H groups in total. The Balaban J connectivity index is 1.56. The number of ether oxygens (including phenoxy) is 1. The van der Waals surface area contributed by atoms with Crippen LogP contribution in [0.25, 0.3) is 16.8 Å². The number of nitrogens with zero attached hydrogens (tertiary/aromatic N) is 3. The summed E-state index contributed by atoms with van der Waals surface area (Å²) in [4.78, 5) is 13.0. The summed E-state index contributed by atoms with van der Waals surface area (Å²) in [6.45, 7) is 1.95. The maximum atomic E-state index is 15.5. The lowest BCUT2D eigenvalue weighted by Crippen LogP contribution is -2.41. The summed E-state index contributed by atoms with van der Waals surface area (Å²) < 4.78 is 56.4. The number of rotatable bonds is 6. The standard InChI is InChI=1S/C25H22ClFN4O5S/c1-15-3-5-17(26)11-18(15)19-12-23(35-2)22(13-20(19)27)31-21-7-9-30(14-16(21)4-6-25(31)32)37(33,34)29-24-8-10-36-28-24/h3-6,8,10-13H,7,9,14H2,1-2H3,(H,28,29). The van der Waals surface area contributed by atoms with Crippen LogP contribution in [0, 0.1) is 12.7 Å². The van der Waals surface area contributed by atoms with Crippen molar-refractivity contribution in [2.75, 3.05) is 18.4 Å². The Morgan fingerprint density at radius 3 is 2.68 bits per heavy atom. The Bertz CT molecular complexity index is 1650. The maximum Gasteiger partial charge on any atom is 0.303 e. The van der Waals surface area contributed by atoms with E-state index in [1.807, 2.05) is 6.92 Å². The van der Waals surface area contributed by atoms with Gasteiger partial charge in [0.15, 0.2) is 5.82 Å². The number of fused-ring (bicyclic) bond motifs is 1. The average Bonchev–Trinajstić information content (AvgIpc) is 3.37. The van der Waals surface area contributed by atoms with Crippen LogP contribution in [0.15, 0.2) is 64.1 Å². The predicted octanol–water partition coefficient (Wildman–Crippen LogP) is 4.32. The molecule has 0 bridgehead atoms. The van der Waals surface area contributed by atoms with Crippen molar-refractivity contribution in [2.24, 2.45) is 0 Å². The summed E-state index contributed by atoms with van der Waals surface area (Å²) in [7, 11) is -2.48. The average molecular weight is 545 g/mol. The van der Waals surface area contributed by atoms with Gasteiger partial charge in [-0.15, -0.1) is 0 Å². The molecule has 37 heavy (non-hydrogen) atoms. The highest BCUT2D eigenvalue weighted by molar-refractivity contribution is 7.90. The lowest BCUT2D eigenvalue weighted by Gasteiger charge is -2.30. The zero-order valence-corrected chi connectivity index (χ0v) is 21.4. The molecule has 4 aromatic rings. The number of anilines is 1. The second-order valence-corrected chi connectivity index (χ2v) is 10.6. The fourth-order valence-electron chi connectivity index (χ4n) is 4.44. The van der Waals surface area contributed by atoms with Crippen molar-refractivity contribution in [3.63, 3.8) is 0 Å². The number of hydrogen-bond acceptors (Lipinski definition) is 6. The zero-order chi connectivity index (χ0) is 26.3. The number of methoxy groups -OCH3 is 1. The monoisotopic (exact) mass is 544 g/mol. The highest BCUT2D eigenvalue weighted by atomic mass is 35.5. The van der Waals surface area contributed by atoms with Crippen LogP contribution in [0.3, 0.4) is 0 Å². The molecule has 2 aromatic heterocycles. The van der Waals surface area contributed by atoms with Crippen LogP contribution in [-0.2, 0) is 23.2 Å². The van der Waals surface area contributed by atoms with Gasteiger partial charge in [-0.2, -0.15) is 12.7 Å². The number of aromatic nitrogens is 2. The third-order valence-corrected chi connectivity index (χ3v) is 7.94. The maximum absolute atomic E-state index is 15.5. The third-order valence-electron chi connectivity index (χ3n) is 6.24. The summed E-state index contributed by atoms with van der Waals surface area (Å²) in [5.74, 6) is -0.206. The Kier molecular flexibility index (Phi) is 6.52. The van der Waals surface area contributed by atoms with E-state index in [1.165, 1.54) is 46.5 Å². The fourth-order valence-corrected chi connectivity index (χ4v) is 5.75. The molecule has 12 heteroatoms. The molecule has 3 heterocycles. The lowest BCUT2D eigenvalue weighted by molar-refractivity contribution is 0.384. The van der Waals surface area contributed by atoms with E-state index in [2.05, 4.69) is 14.4 Å². The van der Waals surface area contributed by atoms with Gasteiger partial charge in [-0.3, -0.25) is 14.1 Å². The quantitative estimate of drug-likeness (QED) is 0.387. The summed E-state index contributed by atoms with van der Waals surface area (Å²) in [5, 5.41) is 4.04. The zero-order valence-electron chi connectivity index (χ0n) is 19.9. The van der Waals surface area contributed by atoms with Gasteiger partial charge in [0.2, 0.25) is 0 Å². The van der Waals surface area contributed by atoms with Crippen molar-refractivity contribution in [1.82, 2.24) is 14.0 Å². The molecule has 1 aliphatic heterocycles. The Hall–Kier alpha value is -3.67. The van der Waals surface area contributed by atoms with Crippen LogP contribution in [0.5, 0.6) is 5.75 Å². The molecule has 0 atom stereocenters. The molecule has 5 rings (SSSR count). The van der Waals surface area contributed by atoms with E-state index >= 15 is 4.39 Å². The van der Waals surface area contributed by atoms with Gasteiger partial charge in [0.25, 0.3) is 5.56 Å². The molecular formula is C25H22ClFN4O5S. The molecule has 0 spiro atoms. The van der Waals surface area contributed by atoms with Gasteiger partial charge < -0.3 is 9.26 Å². The smallest absolute Gasteiger partial charge is 0.303 e. The number of aryl methyl sites for hydroxylation is 1. The van der Waals surface area contributed by atoms with Gasteiger partial charge in [-0.25, -0.2) is 4.39 Å². The van der Waals surface area contributed by atoms with Crippen LogP contribution >= 0.6 is 11.6 Å². The minimum Gasteiger partial charge on any atom is -0.495 e. The van der Waals surface area contributed by atoms with Crippen LogP contribution in [-0.4, -0.2) is 36.1 Å². The second kappa shape index (κ2) is 9.66. The van der Waals surface area contributed by atoms with Gasteiger partial charge >= 0.3 is 10.2 Å². The molecule has 0 unspecified atom stereocenters. The molecule has 0 radical (unpaired) electrons. The van der Waals surface area contributed by atoms with Gasteiger partial charge in [0.1, 0.15) is 17.8 Å². The molecule has 0 amide bonds.